The van der Waals surface area contributed by atoms with Gasteiger partial charge in [-0.3, -0.25) is 9.79 Å². The number of hydrogen-bond acceptors (Lipinski definition) is 5. The molecule has 2 heterocycles. The number of imidazole rings is 1. The lowest BCUT2D eigenvalue weighted by Crippen LogP contribution is -2.15. The summed E-state index contributed by atoms with van der Waals surface area (Å²) >= 11 is 0. The maximum atomic E-state index is 13.1. The molecule has 0 aliphatic carbocycles. The number of aromatic nitrogens is 3. The van der Waals surface area contributed by atoms with Crippen molar-refractivity contribution in [2.75, 3.05) is 17.7 Å². The Labute approximate surface area is 240 Å². The third-order valence-electron chi connectivity index (χ3n) is 7.13. The Kier molecular flexibility index (Phi) is 7.57. The van der Waals surface area contributed by atoms with E-state index in [9.17, 15) is 4.79 Å². The number of carbonyl (C=O) groups excluding carboxylic acids is 1. The summed E-state index contributed by atoms with van der Waals surface area (Å²) in [5, 5.41) is 6.50. The van der Waals surface area contributed by atoms with Gasteiger partial charge in [-0.25, -0.2) is 9.97 Å². The third-order valence-corrected chi connectivity index (χ3v) is 7.13. The van der Waals surface area contributed by atoms with Gasteiger partial charge in [-0.05, 0) is 59.4 Å². The van der Waals surface area contributed by atoms with Crippen molar-refractivity contribution in [1.82, 2.24) is 14.4 Å². The lowest BCUT2D eigenvalue weighted by atomic mass is 9.86. The molecule has 1 amide bonds. The highest BCUT2D eigenvalue weighted by molar-refractivity contribution is 6.05. The maximum Gasteiger partial charge on any atom is 0.255 e. The summed E-state index contributed by atoms with van der Waals surface area (Å²) in [5.41, 5.74) is 13.7. The Morgan fingerprint density at radius 1 is 1.02 bits per heavy atom. The molecule has 0 spiro atoms. The molecule has 2 aromatic heterocycles. The average Bonchev–Trinajstić information content (AvgIpc) is 3.44. The molecule has 5 rings (SSSR count). The van der Waals surface area contributed by atoms with Crippen molar-refractivity contribution in [3.05, 3.63) is 108 Å². The predicted molar refractivity (Wildman–Crippen MR) is 167 cm³/mol. The Hall–Kier alpha value is -4.98. The van der Waals surface area contributed by atoms with Gasteiger partial charge in [0.15, 0.2) is 11.5 Å². The SMILES string of the molecule is CN=C(N)Cc1ccc(Nc2nc(-c3cccc(NC(=O)c4ccc(C(C)(C)C)cc4)c3C)cn3ccnc23)cc1. The zero-order chi connectivity index (χ0) is 29.1. The molecular formula is C33H35N7O. The minimum atomic E-state index is -0.151. The summed E-state index contributed by atoms with van der Waals surface area (Å²) in [6, 6.07) is 21.6. The normalized spacial score (nSPS) is 12.0. The van der Waals surface area contributed by atoms with Crippen molar-refractivity contribution in [2.45, 2.75) is 39.5 Å². The quantitative estimate of drug-likeness (QED) is 0.159. The van der Waals surface area contributed by atoms with E-state index < -0.39 is 0 Å². The Morgan fingerprint density at radius 3 is 2.44 bits per heavy atom. The smallest absolute Gasteiger partial charge is 0.255 e. The largest absolute Gasteiger partial charge is 0.387 e. The Morgan fingerprint density at radius 2 is 1.76 bits per heavy atom. The van der Waals surface area contributed by atoms with Crippen molar-refractivity contribution < 1.29 is 4.79 Å². The molecule has 0 saturated carbocycles. The van der Waals surface area contributed by atoms with Crippen LogP contribution in [0, 0.1) is 6.92 Å². The molecular weight excluding hydrogens is 510 g/mol. The fraction of sp³-hybridized carbons (Fsp3) is 0.212. The average molecular weight is 546 g/mol. The van der Waals surface area contributed by atoms with Gasteiger partial charge >= 0.3 is 0 Å². The summed E-state index contributed by atoms with van der Waals surface area (Å²) < 4.78 is 1.94. The molecule has 41 heavy (non-hydrogen) atoms. The zero-order valence-corrected chi connectivity index (χ0v) is 24.1. The number of fused-ring (bicyclic) bond motifs is 1. The fourth-order valence-electron chi connectivity index (χ4n) is 4.64. The molecule has 0 unspecified atom stereocenters. The van der Waals surface area contributed by atoms with Crippen LogP contribution in [0.15, 0.2) is 90.3 Å². The second-order valence-corrected chi connectivity index (χ2v) is 11.1. The number of rotatable bonds is 7. The van der Waals surface area contributed by atoms with E-state index in [0.29, 0.717) is 29.3 Å². The van der Waals surface area contributed by atoms with E-state index in [1.165, 1.54) is 5.56 Å². The number of benzene rings is 3. The van der Waals surface area contributed by atoms with Crippen LogP contribution in [-0.2, 0) is 11.8 Å². The summed E-state index contributed by atoms with van der Waals surface area (Å²) in [7, 11) is 1.69. The molecule has 8 nitrogen and oxygen atoms in total. The molecule has 0 fully saturated rings. The first-order chi connectivity index (χ1) is 19.6. The molecule has 0 saturated heterocycles. The van der Waals surface area contributed by atoms with Gasteiger partial charge in [-0.2, -0.15) is 0 Å². The number of amidine groups is 1. The van der Waals surface area contributed by atoms with Crippen molar-refractivity contribution in [2.24, 2.45) is 10.7 Å². The van der Waals surface area contributed by atoms with Crippen LogP contribution in [0.2, 0.25) is 0 Å². The number of nitrogens with zero attached hydrogens (tertiary/aromatic N) is 4. The van der Waals surface area contributed by atoms with Gasteiger partial charge in [0.25, 0.3) is 5.91 Å². The summed E-state index contributed by atoms with van der Waals surface area (Å²) in [4.78, 5) is 26.6. The number of hydrogen-bond donors (Lipinski definition) is 3. The monoisotopic (exact) mass is 545 g/mol. The van der Waals surface area contributed by atoms with E-state index in [1.807, 2.05) is 90.4 Å². The van der Waals surface area contributed by atoms with E-state index >= 15 is 0 Å². The van der Waals surface area contributed by atoms with Gasteiger partial charge in [-0.15, -0.1) is 0 Å². The molecule has 8 heteroatoms. The van der Waals surface area contributed by atoms with Crippen LogP contribution in [-0.4, -0.2) is 33.2 Å². The van der Waals surface area contributed by atoms with Gasteiger partial charge in [0.2, 0.25) is 0 Å². The summed E-state index contributed by atoms with van der Waals surface area (Å²) in [6.07, 6.45) is 6.19. The number of nitrogens with two attached hydrogens (primary N) is 1. The van der Waals surface area contributed by atoms with Crippen LogP contribution in [0.5, 0.6) is 0 Å². The third kappa shape index (κ3) is 6.11. The van der Waals surface area contributed by atoms with Crippen LogP contribution in [0.3, 0.4) is 0 Å². The van der Waals surface area contributed by atoms with E-state index in [0.717, 1.165) is 33.8 Å². The standard InChI is InChI=1S/C33H35N7O/c1-21-26(7-6-8-27(21)39-32(41)23-11-13-24(14-12-23)33(2,3)4)28-20-40-18-17-36-31(40)30(38-28)37-25-15-9-22(10-16-25)19-29(34)35-5/h6-18,20H,19H2,1-5H3,(H2,34,35)(H,37,38)(H,39,41). The first-order valence-corrected chi connectivity index (χ1v) is 13.5. The molecule has 3 aromatic carbocycles. The van der Waals surface area contributed by atoms with Gasteiger partial charge in [0, 0.05) is 54.6 Å². The molecule has 208 valence electrons. The van der Waals surface area contributed by atoms with Crippen molar-refractivity contribution in [3.63, 3.8) is 0 Å². The van der Waals surface area contributed by atoms with Crippen molar-refractivity contribution >= 4 is 34.6 Å². The fourth-order valence-corrected chi connectivity index (χ4v) is 4.64. The van der Waals surface area contributed by atoms with Crippen molar-refractivity contribution in [1.29, 1.82) is 0 Å². The van der Waals surface area contributed by atoms with Gasteiger partial charge < -0.3 is 20.8 Å². The van der Waals surface area contributed by atoms with Gasteiger partial charge in [0.05, 0.1) is 11.5 Å². The van der Waals surface area contributed by atoms with E-state index in [1.54, 1.807) is 13.2 Å². The molecule has 4 N–H and O–H groups in total. The van der Waals surface area contributed by atoms with Crippen LogP contribution < -0.4 is 16.4 Å². The lowest BCUT2D eigenvalue weighted by Gasteiger charge is -2.19. The number of nitrogens with one attached hydrogen (secondary N) is 2. The van der Waals surface area contributed by atoms with Crippen molar-refractivity contribution in [3.8, 4) is 11.3 Å². The van der Waals surface area contributed by atoms with E-state index in [-0.39, 0.29) is 11.3 Å². The summed E-state index contributed by atoms with van der Waals surface area (Å²) in [5.74, 6) is 1.07. The lowest BCUT2D eigenvalue weighted by molar-refractivity contribution is 0.102. The molecule has 0 aliphatic rings. The van der Waals surface area contributed by atoms with E-state index in [4.69, 9.17) is 10.7 Å². The maximum absolute atomic E-state index is 13.1. The molecule has 0 bridgehead atoms. The minimum Gasteiger partial charge on any atom is -0.387 e. The zero-order valence-electron chi connectivity index (χ0n) is 24.1. The number of anilines is 3. The van der Waals surface area contributed by atoms with Gasteiger partial charge in [-0.1, -0.05) is 57.2 Å². The van der Waals surface area contributed by atoms with Crippen LogP contribution >= 0.6 is 0 Å². The van der Waals surface area contributed by atoms with Crippen LogP contribution in [0.25, 0.3) is 16.9 Å². The first-order valence-electron chi connectivity index (χ1n) is 13.5. The highest BCUT2D eigenvalue weighted by Gasteiger charge is 2.17. The number of aliphatic imine (C=N–C) groups is 1. The second-order valence-electron chi connectivity index (χ2n) is 11.1. The highest BCUT2D eigenvalue weighted by Crippen LogP contribution is 2.31. The van der Waals surface area contributed by atoms with Crippen LogP contribution in [0.4, 0.5) is 17.2 Å². The molecule has 0 radical (unpaired) electrons. The number of carbonyl (C=O) groups is 1. The van der Waals surface area contributed by atoms with Gasteiger partial charge in [0.1, 0.15) is 0 Å². The van der Waals surface area contributed by atoms with Crippen LogP contribution in [0.1, 0.15) is 47.8 Å². The Bertz CT molecular complexity index is 1730. The van der Waals surface area contributed by atoms with E-state index in [2.05, 4.69) is 41.4 Å². The molecule has 0 aliphatic heterocycles. The highest BCUT2D eigenvalue weighted by atomic mass is 16.1. The molecule has 5 aromatic rings. The molecule has 0 atom stereocenters. The summed E-state index contributed by atoms with van der Waals surface area (Å²) in [6.45, 7) is 8.46. The topological polar surface area (TPSA) is 110 Å². The number of amides is 1. The second kappa shape index (κ2) is 11.3. The minimum absolute atomic E-state index is 0.0267. The first kappa shape index (κ1) is 27.6. The predicted octanol–water partition coefficient (Wildman–Crippen LogP) is 6.53. The Balaban J connectivity index is 1.42.